The molecule has 86 valence electrons. The van der Waals surface area contributed by atoms with Gasteiger partial charge in [0.1, 0.15) is 0 Å². The quantitative estimate of drug-likeness (QED) is 0.808. The van der Waals surface area contributed by atoms with Crippen LogP contribution in [0.5, 0.6) is 0 Å². The fraction of sp³-hybridized carbons (Fsp3) is 0.417. The molecule has 4 heteroatoms. The summed E-state index contributed by atoms with van der Waals surface area (Å²) in [5, 5.41) is 2.94. The minimum atomic E-state index is -0.0389. The summed E-state index contributed by atoms with van der Waals surface area (Å²) in [5.74, 6) is 0. The number of urea groups is 1. The number of hydrogen-bond donors (Lipinski definition) is 2. The molecule has 1 aromatic carbocycles. The maximum Gasteiger partial charge on any atom is 0.321 e. The van der Waals surface area contributed by atoms with E-state index in [1.807, 2.05) is 24.3 Å². The van der Waals surface area contributed by atoms with Gasteiger partial charge >= 0.3 is 6.03 Å². The molecule has 2 amide bonds. The monoisotopic (exact) mass is 219 g/mol. The topological polar surface area (TPSA) is 58.4 Å². The third-order valence-electron chi connectivity index (χ3n) is 2.77. The van der Waals surface area contributed by atoms with E-state index >= 15 is 0 Å². The van der Waals surface area contributed by atoms with Crippen LogP contribution in [0.1, 0.15) is 18.4 Å². The lowest BCUT2D eigenvalue weighted by Crippen LogP contribution is -2.38. The second kappa shape index (κ2) is 4.53. The van der Waals surface area contributed by atoms with Gasteiger partial charge in [-0.05, 0) is 30.5 Å². The van der Waals surface area contributed by atoms with E-state index in [0.29, 0.717) is 12.6 Å². The van der Waals surface area contributed by atoms with Crippen LogP contribution in [0.4, 0.5) is 10.5 Å². The summed E-state index contributed by atoms with van der Waals surface area (Å²) in [6.45, 7) is 0.526. The zero-order valence-electron chi connectivity index (χ0n) is 9.44. The van der Waals surface area contributed by atoms with Crippen molar-refractivity contribution in [3.05, 3.63) is 29.8 Å². The number of nitrogens with two attached hydrogens (primary N) is 1. The molecular formula is C12H17N3O. The maximum atomic E-state index is 11.7. The summed E-state index contributed by atoms with van der Waals surface area (Å²) in [7, 11) is 1.77. The Labute approximate surface area is 95.4 Å². The van der Waals surface area contributed by atoms with Gasteiger partial charge in [-0.25, -0.2) is 4.79 Å². The van der Waals surface area contributed by atoms with Gasteiger partial charge in [-0.15, -0.1) is 0 Å². The average Bonchev–Trinajstić information content (AvgIpc) is 3.12. The van der Waals surface area contributed by atoms with Crippen LogP contribution >= 0.6 is 0 Å². The van der Waals surface area contributed by atoms with Crippen molar-refractivity contribution in [2.24, 2.45) is 5.73 Å². The summed E-state index contributed by atoms with van der Waals surface area (Å²) < 4.78 is 0. The van der Waals surface area contributed by atoms with Crippen LogP contribution in [0.3, 0.4) is 0 Å². The molecule has 0 radical (unpaired) electrons. The third-order valence-corrected chi connectivity index (χ3v) is 2.77. The molecule has 2 rings (SSSR count). The Bertz CT molecular complexity index is 370. The molecule has 1 saturated carbocycles. The minimum absolute atomic E-state index is 0.0389. The van der Waals surface area contributed by atoms with Crippen molar-refractivity contribution in [2.75, 3.05) is 11.9 Å². The predicted molar refractivity (Wildman–Crippen MR) is 64.3 cm³/mol. The number of nitrogens with one attached hydrogen (secondary N) is 1. The van der Waals surface area contributed by atoms with Gasteiger partial charge in [-0.1, -0.05) is 12.1 Å². The van der Waals surface area contributed by atoms with Crippen LogP contribution in [-0.2, 0) is 6.54 Å². The van der Waals surface area contributed by atoms with Crippen molar-refractivity contribution in [2.45, 2.75) is 25.4 Å². The summed E-state index contributed by atoms with van der Waals surface area (Å²) >= 11 is 0. The first-order valence-electron chi connectivity index (χ1n) is 5.54. The minimum Gasteiger partial charge on any atom is -0.335 e. The van der Waals surface area contributed by atoms with Gasteiger partial charge in [0.25, 0.3) is 0 Å². The van der Waals surface area contributed by atoms with E-state index < -0.39 is 0 Å². The second-order valence-corrected chi connectivity index (χ2v) is 4.15. The molecule has 0 spiro atoms. The number of nitrogens with zero attached hydrogens (tertiary/aromatic N) is 1. The Morgan fingerprint density at radius 2 is 2.06 bits per heavy atom. The van der Waals surface area contributed by atoms with E-state index in [0.717, 1.165) is 24.1 Å². The smallest absolute Gasteiger partial charge is 0.321 e. The fourth-order valence-electron chi connectivity index (χ4n) is 1.47. The van der Waals surface area contributed by atoms with Crippen LogP contribution in [-0.4, -0.2) is 19.1 Å². The molecule has 1 aliphatic carbocycles. The lowest BCUT2D eigenvalue weighted by atomic mass is 10.2. The summed E-state index contributed by atoms with van der Waals surface area (Å²) in [6, 6.07) is 8.05. The fourth-order valence-corrected chi connectivity index (χ4v) is 1.47. The van der Waals surface area contributed by atoms with E-state index in [4.69, 9.17) is 5.73 Å². The van der Waals surface area contributed by atoms with Crippen LogP contribution in [0.2, 0.25) is 0 Å². The van der Waals surface area contributed by atoms with Gasteiger partial charge in [0, 0.05) is 25.3 Å². The van der Waals surface area contributed by atoms with Gasteiger partial charge in [0.15, 0.2) is 0 Å². The van der Waals surface area contributed by atoms with Crippen molar-refractivity contribution >= 4 is 11.7 Å². The molecule has 0 heterocycles. The molecule has 1 aliphatic rings. The van der Waals surface area contributed by atoms with Crippen LogP contribution in [0.15, 0.2) is 24.3 Å². The molecule has 0 aliphatic heterocycles. The highest BCUT2D eigenvalue weighted by Crippen LogP contribution is 2.20. The number of benzene rings is 1. The van der Waals surface area contributed by atoms with Crippen molar-refractivity contribution < 1.29 is 4.79 Å². The van der Waals surface area contributed by atoms with E-state index in [1.54, 1.807) is 11.9 Å². The van der Waals surface area contributed by atoms with E-state index in [9.17, 15) is 4.79 Å². The molecule has 0 unspecified atom stereocenters. The van der Waals surface area contributed by atoms with Gasteiger partial charge in [-0.2, -0.15) is 0 Å². The summed E-state index contributed by atoms with van der Waals surface area (Å²) in [5.41, 5.74) is 7.47. The first-order valence-corrected chi connectivity index (χ1v) is 5.54. The van der Waals surface area contributed by atoms with Gasteiger partial charge in [-0.3, -0.25) is 4.90 Å². The zero-order chi connectivity index (χ0) is 11.5. The summed E-state index contributed by atoms with van der Waals surface area (Å²) in [4.78, 5) is 13.4. The first-order chi connectivity index (χ1) is 7.70. The largest absolute Gasteiger partial charge is 0.335 e. The average molecular weight is 219 g/mol. The number of hydrogen-bond acceptors (Lipinski definition) is 2. The highest BCUT2D eigenvalue weighted by molar-refractivity contribution is 5.91. The first kappa shape index (κ1) is 11.0. The predicted octanol–water partition coefficient (Wildman–Crippen LogP) is 1.45. The third kappa shape index (κ3) is 2.52. The molecule has 0 aromatic heterocycles. The number of carbonyl (C=O) groups is 1. The molecule has 1 aromatic rings. The Hall–Kier alpha value is -1.55. The molecule has 4 nitrogen and oxygen atoms in total. The molecule has 0 saturated heterocycles. The van der Waals surface area contributed by atoms with Crippen LogP contribution < -0.4 is 16.0 Å². The Morgan fingerprint density at radius 3 is 2.56 bits per heavy atom. The zero-order valence-corrected chi connectivity index (χ0v) is 9.44. The van der Waals surface area contributed by atoms with Crippen molar-refractivity contribution in [3.63, 3.8) is 0 Å². The molecule has 16 heavy (non-hydrogen) atoms. The number of rotatable bonds is 3. The van der Waals surface area contributed by atoms with Gasteiger partial charge in [0.05, 0.1) is 0 Å². The normalized spacial score (nSPS) is 14.6. The number of anilines is 1. The highest BCUT2D eigenvalue weighted by Gasteiger charge is 2.24. The SMILES string of the molecule is CN(C(=O)NC1CC1)c1ccc(CN)cc1. The number of carbonyl (C=O) groups excluding carboxylic acids is 1. The molecule has 3 N–H and O–H groups in total. The highest BCUT2D eigenvalue weighted by atomic mass is 16.2. The Morgan fingerprint density at radius 1 is 1.44 bits per heavy atom. The molecule has 1 fully saturated rings. The lowest BCUT2D eigenvalue weighted by Gasteiger charge is -2.18. The summed E-state index contributed by atoms with van der Waals surface area (Å²) in [6.07, 6.45) is 2.21. The standard InChI is InChI=1S/C12H17N3O/c1-15(12(16)14-10-4-5-10)11-6-2-9(8-13)3-7-11/h2-3,6-7,10H,4-5,8,13H2,1H3,(H,14,16). The Balaban J connectivity index is 2.00. The van der Waals surface area contributed by atoms with Crippen molar-refractivity contribution in [1.29, 1.82) is 0 Å². The maximum absolute atomic E-state index is 11.7. The van der Waals surface area contributed by atoms with Crippen LogP contribution in [0, 0.1) is 0 Å². The van der Waals surface area contributed by atoms with Gasteiger partial charge < -0.3 is 11.1 Å². The number of amides is 2. The second-order valence-electron chi connectivity index (χ2n) is 4.15. The molecule has 0 bridgehead atoms. The lowest BCUT2D eigenvalue weighted by molar-refractivity contribution is 0.247. The van der Waals surface area contributed by atoms with Crippen molar-refractivity contribution in [3.8, 4) is 0 Å². The Kier molecular flexibility index (Phi) is 3.10. The van der Waals surface area contributed by atoms with E-state index in [2.05, 4.69) is 5.32 Å². The van der Waals surface area contributed by atoms with E-state index in [1.165, 1.54) is 0 Å². The van der Waals surface area contributed by atoms with Crippen molar-refractivity contribution in [1.82, 2.24) is 5.32 Å². The molecular weight excluding hydrogens is 202 g/mol. The van der Waals surface area contributed by atoms with E-state index in [-0.39, 0.29) is 6.03 Å². The molecule has 0 atom stereocenters. The van der Waals surface area contributed by atoms with Crippen LogP contribution in [0.25, 0.3) is 0 Å². The van der Waals surface area contributed by atoms with Gasteiger partial charge in [0.2, 0.25) is 0 Å².